The molecule has 1 rings (SSSR count). The van der Waals surface area contributed by atoms with Crippen molar-refractivity contribution in [1.82, 2.24) is 4.90 Å². The fourth-order valence-corrected chi connectivity index (χ4v) is 1.84. The number of aliphatic carboxylic acids is 1. The van der Waals surface area contributed by atoms with Crippen LogP contribution in [-0.4, -0.2) is 28.6 Å². The second kappa shape index (κ2) is 6.40. The summed E-state index contributed by atoms with van der Waals surface area (Å²) in [4.78, 5) is 12.8. The molecule has 0 aromatic heterocycles. The summed E-state index contributed by atoms with van der Waals surface area (Å²) in [5, 5.41) is 8.92. The van der Waals surface area contributed by atoms with Crippen LogP contribution in [-0.2, 0) is 11.3 Å². The molecule has 0 saturated carbocycles. The normalized spacial score (nSPS) is 12.7. The van der Waals surface area contributed by atoms with Crippen LogP contribution >= 0.6 is 0 Å². The fraction of sp³-hybridized carbons (Fsp3) is 0.500. The molecule has 0 fully saturated rings. The van der Waals surface area contributed by atoms with Crippen LogP contribution in [0.2, 0.25) is 0 Å². The molecule has 0 bridgehead atoms. The lowest BCUT2D eigenvalue weighted by Crippen LogP contribution is -2.36. The minimum Gasteiger partial charge on any atom is -0.480 e. The van der Waals surface area contributed by atoms with E-state index in [1.54, 1.807) is 0 Å². The van der Waals surface area contributed by atoms with E-state index in [9.17, 15) is 4.79 Å². The molecule has 0 heterocycles. The van der Waals surface area contributed by atoms with Crippen molar-refractivity contribution >= 4 is 5.97 Å². The summed E-state index contributed by atoms with van der Waals surface area (Å²) < 4.78 is 0. The van der Waals surface area contributed by atoms with Crippen molar-refractivity contribution in [2.75, 3.05) is 6.54 Å². The van der Waals surface area contributed by atoms with E-state index in [2.05, 4.69) is 19.9 Å². The fourth-order valence-electron chi connectivity index (χ4n) is 1.84. The van der Waals surface area contributed by atoms with E-state index in [0.29, 0.717) is 6.54 Å². The molecule has 1 aromatic rings. The Labute approximate surface area is 103 Å². The van der Waals surface area contributed by atoms with Crippen molar-refractivity contribution < 1.29 is 9.90 Å². The quantitative estimate of drug-likeness (QED) is 0.824. The van der Waals surface area contributed by atoms with Gasteiger partial charge in [0.05, 0.1) is 6.54 Å². The first kappa shape index (κ1) is 13.7. The van der Waals surface area contributed by atoms with Crippen LogP contribution in [0.3, 0.4) is 0 Å². The lowest BCUT2D eigenvalue weighted by Gasteiger charge is -2.26. The van der Waals surface area contributed by atoms with Gasteiger partial charge in [-0.05, 0) is 25.8 Å². The molecule has 1 unspecified atom stereocenters. The van der Waals surface area contributed by atoms with Gasteiger partial charge in [0, 0.05) is 12.6 Å². The highest BCUT2D eigenvalue weighted by Crippen LogP contribution is 2.11. The summed E-state index contributed by atoms with van der Waals surface area (Å²) in [5.41, 5.74) is 2.38. The van der Waals surface area contributed by atoms with Gasteiger partial charge in [-0.1, -0.05) is 36.8 Å². The third kappa shape index (κ3) is 4.57. The van der Waals surface area contributed by atoms with E-state index in [1.807, 2.05) is 30.0 Å². The number of nitrogens with zero attached hydrogens (tertiary/aromatic N) is 1. The summed E-state index contributed by atoms with van der Waals surface area (Å²) in [5.74, 6) is -0.766. The van der Waals surface area contributed by atoms with Crippen LogP contribution < -0.4 is 0 Å². The molecule has 3 nitrogen and oxygen atoms in total. The predicted octanol–water partition coefficient (Wildman–Crippen LogP) is 2.68. The highest BCUT2D eigenvalue weighted by molar-refractivity contribution is 5.69. The summed E-state index contributed by atoms with van der Waals surface area (Å²) >= 11 is 0. The second-order valence-electron chi connectivity index (χ2n) is 4.55. The Bertz CT molecular complexity index is 376. The maximum Gasteiger partial charge on any atom is 0.317 e. The molecule has 1 N–H and O–H groups in total. The Balaban J connectivity index is 2.74. The van der Waals surface area contributed by atoms with E-state index >= 15 is 0 Å². The molecule has 0 radical (unpaired) electrons. The summed E-state index contributed by atoms with van der Waals surface area (Å²) in [6.07, 6.45) is 0.957. The topological polar surface area (TPSA) is 40.5 Å². The monoisotopic (exact) mass is 235 g/mol. The zero-order chi connectivity index (χ0) is 12.8. The van der Waals surface area contributed by atoms with Crippen LogP contribution in [0.4, 0.5) is 0 Å². The average Bonchev–Trinajstić information content (AvgIpc) is 2.26. The van der Waals surface area contributed by atoms with E-state index in [-0.39, 0.29) is 12.6 Å². The highest BCUT2D eigenvalue weighted by Gasteiger charge is 2.15. The number of aryl methyl sites for hydroxylation is 1. The third-order valence-electron chi connectivity index (χ3n) is 3.02. The Morgan fingerprint density at radius 1 is 1.47 bits per heavy atom. The molecule has 0 spiro atoms. The van der Waals surface area contributed by atoms with Crippen LogP contribution in [0, 0.1) is 6.92 Å². The van der Waals surface area contributed by atoms with Crippen molar-refractivity contribution in [1.29, 1.82) is 0 Å². The van der Waals surface area contributed by atoms with Crippen LogP contribution in [0.1, 0.15) is 31.4 Å². The second-order valence-corrected chi connectivity index (χ2v) is 4.55. The van der Waals surface area contributed by atoms with Gasteiger partial charge in [0.2, 0.25) is 0 Å². The Hall–Kier alpha value is -1.35. The molecule has 0 saturated heterocycles. The zero-order valence-electron chi connectivity index (χ0n) is 10.8. The van der Waals surface area contributed by atoms with Crippen LogP contribution in [0.25, 0.3) is 0 Å². The molecule has 1 aromatic carbocycles. The molecule has 0 aliphatic heterocycles. The number of carboxylic acid groups (broad SMARTS) is 1. The first-order valence-corrected chi connectivity index (χ1v) is 6.04. The smallest absolute Gasteiger partial charge is 0.317 e. The minimum atomic E-state index is -0.766. The van der Waals surface area contributed by atoms with Crippen LogP contribution in [0.5, 0.6) is 0 Å². The average molecular weight is 235 g/mol. The molecular formula is C14H21NO2. The maximum atomic E-state index is 10.8. The van der Waals surface area contributed by atoms with Gasteiger partial charge in [-0.25, -0.2) is 0 Å². The summed E-state index contributed by atoms with van der Waals surface area (Å²) in [6, 6.07) is 8.50. The zero-order valence-corrected chi connectivity index (χ0v) is 10.8. The number of hydrogen-bond donors (Lipinski definition) is 1. The van der Waals surface area contributed by atoms with E-state index in [0.717, 1.165) is 6.42 Å². The van der Waals surface area contributed by atoms with Gasteiger partial charge in [0.1, 0.15) is 0 Å². The van der Waals surface area contributed by atoms with Gasteiger partial charge in [-0.3, -0.25) is 9.69 Å². The van der Waals surface area contributed by atoms with Gasteiger partial charge in [-0.2, -0.15) is 0 Å². The molecule has 0 aliphatic carbocycles. The first-order valence-electron chi connectivity index (χ1n) is 6.04. The Morgan fingerprint density at radius 3 is 2.71 bits per heavy atom. The number of hydrogen-bond acceptors (Lipinski definition) is 2. The minimum absolute atomic E-state index is 0.100. The van der Waals surface area contributed by atoms with Crippen molar-refractivity contribution in [2.45, 2.75) is 39.8 Å². The van der Waals surface area contributed by atoms with Gasteiger partial charge in [0.25, 0.3) is 0 Å². The van der Waals surface area contributed by atoms with Gasteiger partial charge in [0.15, 0.2) is 0 Å². The lowest BCUT2D eigenvalue weighted by atomic mass is 10.1. The highest BCUT2D eigenvalue weighted by atomic mass is 16.4. The summed E-state index contributed by atoms with van der Waals surface area (Å²) in [7, 11) is 0. The molecule has 0 amide bonds. The standard InChI is InChI=1S/C14H21NO2/c1-4-12(3)15(10-14(16)17)9-13-7-5-6-11(2)8-13/h5-8,12H,4,9-10H2,1-3H3,(H,16,17). The van der Waals surface area contributed by atoms with Crippen molar-refractivity contribution in [3.63, 3.8) is 0 Å². The molecule has 94 valence electrons. The Morgan fingerprint density at radius 2 is 2.18 bits per heavy atom. The lowest BCUT2D eigenvalue weighted by molar-refractivity contribution is -0.139. The van der Waals surface area contributed by atoms with Crippen molar-refractivity contribution in [3.05, 3.63) is 35.4 Å². The van der Waals surface area contributed by atoms with Gasteiger partial charge < -0.3 is 5.11 Å². The van der Waals surface area contributed by atoms with Crippen LogP contribution in [0.15, 0.2) is 24.3 Å². The number of carbonyl (C=O) groups is 1. The Kier molecular flexibility index (Phi) is 5.16. The number of carboxylic acids is 1. The molecule has 1 atom stereocenters. The number of benzene rings is 1. The molecular weight excluding hydrogens is 214 g/mol. The SMILES string of the molecule is CCC(C)N(CC(=O)O)Cc1cccc(C)c1. The van der Waals surface area contributed by atoms with Crippen molar-refractivity contribution in [2.24, 2.45) is 0 Å². The first-order chi connectivity index (χ1) is 8.02. The van der Waals surface area contributed by atoms with E-state index in [1.165, 1.54) is 11.1 Å². The number of rotatable bonds is 6. The molecule has 0 aliphatic rings. The molecule has 3 heteroatoms. The van der Waals surface area contributed by atoms with Gasteiger partial charge in [-0.15, -0.1) is 0 Å². The molecule has 17 heavy (non-hydrogen) atoms. The maximum absolute atomic E-state index is 10.8. The predicted molar refractivity (Wildman–Crippen MR) is 69.0 cm³/mol. The van der Waals surface area contributed by atoms with E-state index < -0.39 is 5.97 Å². The van der Waals surface area contributed by atoms with E-state index in [4.69, 9.17) is 5.11 Å². The third-order valence-corrected chi connectivity index (χ3v) is 3.02. The van der Waals surface area contributed by atoms with Crippen molar-refractivity contribution in [3.8, 4) is 0 Å². The van der Waals surface area contributed by atoms with Gasteiger partial charge >= 0.3 is 5.97 Å². The summed E-state index contributed by atoms with van der Waals surface area (Å²) in [6.45, 7) is 6.99. The largest absolute Gasteiger partial charge is 0.480 e.